The number of benzene rings is 1. The molecule has 0 unspecified atom stereocenters. The van der Waals surface area contributed by atoms with Crippen molar-refractivity contribution in [2.75, 3.05) is 5.32 Å². The van der Waals surface area contributed by atoms with E-state index in [1.807, 2.05) is 48.6 Å². The van der Waals surface area contributed by atoms with E-state index in [1.54, 1.807) is 6.20 Å². The molecule has 23 heavy (non-hydrogen) atoms. The molecule has 0 bridgehead atoms. The second kappa shape index (κ2) is 8.06. The normalized spacial score (nSPS) is 10.8. The molecule has 124 valence electrons. The van der Waals surface area contributed by atoms with Crippen LogP contribution in [0, 0.1) is 6.92 Å². The molecule has 6 heteroatoms. The van der Waals surface area contributed by atoms with Crippen LogP contribution in [0.2, 0.25) is 0 Å². The molecule has 1 aromatic heterocycles. The molecule has 0 atom stereocenters. The van der Waals surface area contributed by atoms with E-state index in [2.05, 4.69) is 35.5 Å². The zero-order valence-corrected chi connectivity index (χ0v) is 14.9. The number of carbonyl (C=O) groups is 1. The predicted molar refractivity (Wildman–Crippen MR) is 96.7 cm³/mol. The van der Waals surface area contributed by atoms with Gasteiger partial charge >= 0.3 is 6.03 Å². The fraction of sp³-hybridized carbons (Fsp3) is 0.412. The van der Waals surface area contributed by atoms with Crippen LogP contribution in [0.3, 0.4) is 0 Å². The van der Waals surface area contributed by atoms with Crippen molar-refractivity contribution in [2.24, 2.45) is 7.05 Å². The number of urea groups is 1. The van der Waals surface area contributed by atoms with E-state index in [4.69, 9.17) is 0 Å². The molecule has 0 spiro atoms. The number of hydrogen-bond acceptors (Lipinski definition) is 3. The van der Waals surface area contributed by atoms with Gasteiger partial charge in [-0.1, -0.05) is 26.0 Å². The molecule has 5 nitrogen and oxygen atoms in total. The van der Waals surface area contributed by atoms with Gasteiger partial charge in [0.15, 0.2) is 0 Å². The first-order valence-electron chi connectivity index (χ1n) is 7.68. The summed E-state index contributed by atoms with van der Waals surface area (Å²) in [6, 6.07) is 5.81. The van der Waals surface area contributed by atoms with Gasteiger partial charge in [-0.25, -0.2) is 9.78 Å². The molecule has 2 amide bonds. The Balaban J connectivity index is 1.95. The summed E-state index contributed by atoms with van der Waals surface area (Å²) in [4.78, 5) is 16.3. The lowest BCUT2D eigenvalue weighted by molar-refractivity contribution is 0.251. The van der Waals surface area contributed by atoms with Crippen LogP contribution in [0.5, 0.6) is 0 Å². The van der Waals surface area contributed by atoms with Crippen LogP contribution in [-0.4, -0.2) is 20.8 Å². The molecule has 0 aliphatic rings. The molecule has 0 radical (unpaired) electrons. The van der Waals surface area contributed by atoms with Crippen LogP contribution in [0.25, 0.3) is 0 Å². The summed E-state index contributed by atoms with van der Waals surface area (Å²) in [5, 5.41) is 6.35. The van der Waals surface area contributed by atoms with Gasteiger partial charge in [0.2, 0.25) is 0 Å². The first kappa shape index (κ1) is 17.4. The zero-order chi connectivity index (χ0) is 16.8. The second-order valence-electron chi connectivity index (χ2n) is 5.71. The van der Waals surface area contributed by atoms with E-state index in [-0.39, 0.29) is 6.03 Å². The summed E-state index contributed by atoms with van der Waals surface area (Å²) in [6.07, 6.45) is 3.57. The molecule has 0 fully saturated rings. The van der Waals surface area contributed by atoms with Gasteiger partial charge in [0.25, 0.3) is 0 Å². The van der Waals surface area contributed by atoms with E-state index >= 15 is 0 Å². The maximum absolute atomic E-state index is 12.1. The SMILES string of the molecule is Cc1c(CSC(C)C)cccc1NC(=O)NCc1nccn1C. The van der Waals surface area contributed by atoms with Gasteiger partial charge in [0.1, 0.15) is 5.82 Å². The lowest BCUT2D eigenvalue weighted by Crippen LogP contribution is -2.29. The summed E-state index contributed by atoms with van der Waals surface area (Å²) in [5.74, 6) is 1.77. The minimum Gasteiger partial charge on any atom is -0.337 e. The summed E-state index contributed by atoms with van der Waals surface area (Å²) >= 11 is 1.90. The number of rotatable bonds is 6. The van der Waals surface area contributed by atoms with Crippen molar-refractivity contribution in [1.29, 1.82) is 0 Å². The molecule has 1 aromatic carbocycles. The number of imidazole rings is 1. The molecule has 2 rings (SSSR count). The van der Waals surface area contributed by atoms with Crippen molar-refractivity contribution in [1.82, 2.24) is 14.9 Å². The standard InChI is InChI=1S/C17H24N4OS/c1-12(2)23-11-14-6-5-7-15(13(14)3)20-17(22)19-10-16-18-8-9-21(16)4/h5-9,12H,10-11H2,1-4H3,(H2,19,20,22). The van der Waals surface area contributed by atoms with Crippen molar-refractivity contribution in [3.63, 3.8) is 0 Å². The summed E-state index contributed by atoms with van der Waals surface area (Å²) < 4.78 is 1.88. The van der Waals surface area contributed by atoms with Gasteiger partial charge in [-0.2, -0.15) is 11.8 Å². The quantitative estimate of drug-likeness (QED) is 0.848. The Morgan fingerprint density at radius 2 is 2.17 bits per heavy atom. The molecule has 0 aliphatic heterocycles. The van der Waals surface area contributed by atoms with Gasteiger partial charge in [0, 0.05) is 30.9 Å². The topological polar surface area (TPSA) is 59.0 Å². The van der Waals surface area contributed by atoms with E-state index in [0.717, 1.165) is 22.8 Å². The first-order chi connectivity index (χ1) is 11.0. The third kappa shape index (κ3) is 5.03. The Bertz CT molecular complexity index is 666. The lowest BCUT2D eigenvalue weighted by Gasteiger charge is -2.14. The third-order valence-corrected chi connectivity index (χ3v) is 4.74. The smallest absolute Gasteiger partial charge is 0.319 e. The fourth-order valence-electron chi connectivity index (χ4n) is 2.12. The van der Waals surface area contributed by atoms with Crippen LogP contribution in [0.15, 0.2) is 30.6 Å². The van der Waals surface area contributed by atoms with E-state index in [9.17, 15) is 4.79 Å². The van der Waals surface area contributed by atoms with E-state index in [0.29, 0.717) is 11.8 Å². The average Bonchev–Trinajstić information content (AvgIpc) is 2.91. The van der Waals surface area contributed by atoms with Crippen molar-refractivity contribution in [3.8, 4) is 0 Å². The summed E-state index contributed by atoms with van der Waals surface area (Å²) in [5.41, 5.74) is 3.22. The molecule has 0 saturated heterocycles. The van der Waals surface area contributed by atoms with Crippen LogP contribution < -0.4 is 10.6 Å². The zero-order valence-electron chi connectivity index (χ0n) is 14.1. The Kier molecular flexibility index (Phi) is 6.10. The maximum Gasteiger partial charge on any atom is 0.319 e. The van der Waals surface area contributed by atoms with Crippen molar-refractivity contribution in [2.45, 2.75) is 38.3 Å². The Hall–Kier alpha value is -1.95. The first-order valence-corrected chi connectivity index (χ1v) is 8.73. The van der Waals surface area contributed by atoms with Gasteiger partial charge in [0.05, 0.1) is 6.54 Å². The van der Waals surface area contributed by atoms with Crippen LogP contribution >= 0.6 is 11.8 Å². The summed E-state index contributed by atoms with van der Waals surface area (Å²) in [7, 11) is 1.90. The molecule has 0 saturated carbocycles. The maximum atomic E-state index is 12.1. The predicted octanol–water partition coefficient (Wildman–Crippen LogP) is 3.69. The fourth-order valence-corrected chi connectivity index (χ4v) is 2.95. The summed E-state index contributed by atoms with van der Waals surface area (Å²) in [6.45, 7) is 6.82. The highest BCUT2D eigenvalue weighted by Gasteiger charge is 2.09. The number of thioether (sulfide) groups is 1. The van der Waals surface area contributed by atoms with Crippen molar-refractivity contribution in [3.05, 3.63) is 47.5 Å². The lowest BCUT2D eigenvalue weighted by atomic mass is 10.1. The third-order valence-electron chi connectivity index (χ3n) is 3.59. The number of nitrogens with one attached hydrogen (secondary N) is 2. The van der Waals surface area contributed by atoms with Crippen LogP contribution in [0.1, 0.15) is 30.8 Å². The Labute approximate surface area is 141 Å². The van der Waals surface area contributed by atoms with E-state index < -0.39 is 0 Å². The molecule has 2 N–H and O–H groups in total. The minimum absolute atomic E-state index is 0.218. The second-order valence-corrected chi connectivity index (χ2v) is 7.28. The molecular weight excluding hydrogens is 308 g/mol. The van der Waals surface area contributed by atoms with Gasteiger partial charge < -0.3 is 15.2 Å². The number of anilines is 1. The van der Waals surface area contributed by atoms with Gasteiger partial charge in [-0.15, -0.1) is 0 Å². The van der Waals surface area contributed by atoms with Crippen LogP contribution in [-0.2, 0) is 19.3 Å². The molecule has 0 aliphatic carbocycles. The highest BCUT2D eigenvalue weighted by molar-refractivity contribution is 7.99. The molecular formula is C17H24N4OS. The Morgan fingerprint density at radius 3 is 2.83 bits per heavy atom. The van der Waals surface area contributed by atoms with Gasteiger partial charge in [-0.05, 0) is 29.4 Å². The number of nitrogens with zero attached hydrogens (tertiary/aromatic N) is 2. The van der Waals surface area contributed by atoms with Crippen molar-refractivity contribution >= 4 is 23.5 Å². The Morgan fingerprint density at radius 1 is 1.39 bits per heavy atom. The highest BCUT2D eigenvalue weighted by Crippen LogP contribution is 2.24. The molecule has 1 heterocycles. The largest absolute Gasteiger partial charge is 0.337 e. The minimum atomic E-state index is -0.218. The number of amides is 2. The number of aryl methyl sites for hydroxylation is 1. The van der Waals surface area contributed by atoms with Gasteiger partial charge in [-0.3, -0.25) is 0 Å². The number of carbonyl (C=O) groups excluding carboxylic acids is 1. The molecule has 2 aromatic rings. The highest BCUT2D eigenvalue weighted by atomic mass is 32.2. The van der Waals surface area contributed by atoms with Crippen molar-refractivity contribution < 1.29 is 4.79 Å². The average molecular weight is 332 g/mol. The number of aromatic nitrogens is 2. The number of hydrogen-bond donors (Lipinski definition) is 2. The van der Waals surface area contributed by atoms with E-state index in [1.165, 1.54) is 5.56 Å². The van der Waals surface area contributed by atoms with Crippen LogP contribution in [0.4, 0.5) is 10.5 Å². The monoisotopic (exact) mass is 332 g/mol.